The van der Waals surface area contributed by atoms with Crippen molar-refractivity contribution < 1.29 is 22.7 Å². The van der Waals surface area contributed by atoms with Gasteiger partial charge >= 0.3 is 0 Å². The molecular formula is C24H24N2O5S. The molecule has 0 atom stereocenters. The Morgan fingerprint density at radius 3 is 2.19 bits per heavy atom. The number of carbonyl (C=O) groups is 2. The minimum Gasteiger partial charge on any atom is -0.497 e. The number of ether oxygens (including phenoxy) is 1. The zero-order chi connectivity index (χ0) is 23.0. The van der Waals surface area contributed by atoms with Gasteiger partial charge in [-0.25, -0.2) is 8.42 Å². The summed E-state index contributed by atoms with van der Waals surface area (Å²) in [6.07, 6.45) is 0.267. The highest BCUT2D eigenvalue weighted by Crippen LogP contribution is 2.18. The average Bonchev–Trinajstić information content (AvgIpc) is 2.82. The molecule has 0 aromatic heterocycles. The number of benzene rings is 3. The Morgan fingerprint density at radius 2 is 1.50 bits per heavy atom. The molecule has 3 aromatic rings. The molecular weight excluding hydrogens is 428 g/mol. The first-order chi connectivity index (χ1) is 15.4. The highest BCUT2D eigenvalue weighted by atomic mass is 32.2. The number of anilines is 1. The highest BCUT2D eigenvalue weighted by molar-refractivity contribution is 7.91. The van der Waals surface area contributed by atoms with Crippen molar-refractivity contribution in [1.82, 2.24) is 5.32 Å². The van der Waals surface area contributed by atoms with Gasteiger partial charge in [0, 0.05) is 12.1 Å². The summed E-state index contributed by atoms with van der Waals surface area (Å²) in [6, 6.07) is 21.5. The first-order valence-electron chi connectivity index (χ1n) is 10.0. The molecule has 0 saturated carbocycles. The van der Waals surface area contributed by atoms with Gasteiger partial charge in [0.25, 0.3) is 11.8 Å². The molecule has 7 nitrogen and oxygen atoms in total. The Bertz CT molecular complexity index is 1180. The molecule has 0 saturated heterocycles. The van der Waals surface area contributed by atoms with E-state index in [4.69, 9.17) is 4.74 Å². The predicted molar refractivity (Wildman–Crippen MR) is 123 cm³/mol. The Morgan fingerprint density at radius 1 is 0.844 bits per heavy atom. The summed E-state index contributed by atoms with van der Waals surface area (Å²) in [7, 11) is -1.86. The fraction of sp³-hybridized carbons (Fsp3) is 0.167. The quantitative estimate of drug-likeness (QED) is 0.484. The van der Waals surface area contributed by atoms with Gasteiger partial charge in [0.2, 0.25) is 0 Å². The van der Waals surface area contributed by atoms with Crippen LogP contribution in [0.4, 0.5) is 5.69 Å². The fourth-order valence-corrected chi connectivity index (χ4v) is 4.36. The lowest BCUT2D eigenvalue weighted by atomic mass is 10.1. The number of para-hydroxylation sites is 1. The molecule has 2 N–H and O–H groups in total. The lowest BCUT2D eigenvalue weighted by Crippen LogP contribution is -2.27. The van der Waals surface area contributed by atoms with E-state index in [1.165, 1.54) is 0 Å². The second-order valence-electron chi connectivity index (χ2n) is 6.97. The van der Waals surface area contributed by atoms with Crippen molar-refractivity contribution in [2.24, 2.45) is 0 Å². The Kier molecular flexibility index (Phi) is 7.62. The summed E-state index contributed by atoms with van der Waals surface area (Å²) >= 11 is 0. The molecule has 0 aliphatic rings. The number of hydrogen-bond donors (Lipinski definition) is 2. The van der Waals surface area contributed by atoms with Crippen LogP contribution in [0.3, 0.4) is 0 Å². The van der Waals surface area contributed by atoms with Gasteiger partial charge in [-0.1, -0.05) is 30.3 Å². The standard InChI is InChI=1S/C24H24N2O5S/c1-31-19-14-12-18(13-15-19)23(27)26-22-11-6-5-10-21(22)24(28)25-16-7-17-32(29,30)20-8-3-2-4-9-20/h2-6,8-15H,7,16-17H2,1H3,(H,25,28)(H,26,27). The largest absolute Gasteiger partial charge is 0.497 e. The van der Waals surface area contributed by atoms with Gasteiger partial charge < -0.3 is 15.4 Å². The van der Waals surface area contributed by atoms with Crippen molar-refractivity contribution in [3.63, 3.8) is 0 Å². The molecule has 0 spiro atoms. The van der Waals surface area contributed by atoms with Gasteiger partial charge in [-0.3, -0.25) is 9.59 Å². The van der Waals surface area contributed by atoms with Crippen molar-refractivity contribution in [2.75, 3.05) is 24.7 Å². The van der Waals surface area contributed by atoms with Gasteiger partial charge in [-0.05, 0) is 55.0 Å². The van der Waals surface area contributed by atoms with Gasteiger partial charge in [-0.2, -0.15) is 0 Å². The summed E-state index contributed by atoms with van der Waals surface area (Å²) in [5.41, 5.74) is 1.08. The van der Waals surface area contributed by atoms with E-state index in [0.717, 1.165) is 0 Å². The van der Waals surface area contributed by atoms with Gasteiger partial charge in [0.05, 0.1) is 29.0 Å². The van der Waals surface area contributed by atoms with E-state index in [-0.39, 0.29) is 29.5 Å². The van der Waals surface area contributed by atoms with Gasteiger partial charge in [0.15, 0.2) is 9.84 Å². The number of rotatable bonds is 9. The van der Waals surface area contributed by atoms with E-state index < -0.39 is 15.7 Å². The Hall–Kier alpha value is -3.65. The van der Waals surface area contributed by atoms with Crippen molar-refractivity contribution in [1.29, 1.82) is 0 Å². The van der Waals surface area contributed by atoms with E-state index >= 15 is 0 Å². The number of methoxy groups -OCH3 is 1. The van der Waals surface area contributed by atoms with Crippen LogP contribution in [-0.2, 0) is 9.84 Å². The Balaban J connectivity index is 1.58. The van der Waals surface area contributed by atoms with Crippen LogP contribution in [0.1, 0.15) is 27.1 Å². The molecule has 32 heavy (non-hydrogen) atoms. The topological polar surface area (TPSA) is 102 Å². The molecule has 0 bridgehead atoms. The maximum Gasteiger partial charge on any atom is 0.255 e. The lowest BCUT2D eigenvalue weighted by molar-refractivity contribution is 0.0954. The van der Waals surface area contributed by atoms with Crippen molar-refractivity contribution >= 4 is 27.3 Å². The lowest BCUT2D eigenvalue weighted by Gasteiger charge is -2.12. The fourth-order valence-electron chi connectivity index (χ4n) is 3.03. The molecule has 3 rings (SSSR count). The maximum atomic E-state index is 12.6. The molecule has 0 radical (unpaired) electrons. The van der Waals surface area contributed by atoms with Crippen LogP contribution in [0, 0.1) is 0 Å². The summed E-state index contributed by atoms with van der Waals surface area (Å²) in [5.74, 6) is -0.196. The van der Waals surface area contributed by atoms with E-state index in [9.17, 15) is 18.0 Å². The van der Waals surface area contributed by atoms with Gasteiger partial charge in [0.1, 0.15) is 5.75 Å². The normalized spacial score (nSPS) is 10.9. The van der Waals surface area contributed by atoms with Crippen LogP contribution in [0.25, 0.3) is 0 Å². The first-order valence-corrected chi connectivity index (χ1v) is 11.7. The van der Waals surface area contributed by atoms with E-state index in [1.54, 1.807) is 86.0 Å². The first kappa shape index (κ1) is 23.0. The monoisotopic (exact) mass is 452 g/mol. The molecule has 0 fully saturated rings. The molecule has 0 aliphatic carbocycles. The van der Waals surface area contributed by atoms with Crippen LogP contribution >= 0.6 is 0 Å². The maximum absolute atomic E-state index is 12.6. The van der Waals surface area contributed by atoms with Crippen LogP contribution in [-0.4, -0.2) is 39.6 Å². The van der Waals surface area contributed by atoms with Crippen molar-refractivity contribution in [3.8, 4) is 5.75 Å². The molecule has 3 aromatic carbocycles. The van der Waals surface area contributed by atoms with Crippen LogP contribution in [0.2, 0.25) is 0 Å². The predicted octanol–water partition coefficient (Wildman–Crippen LogP) is 3.54. The third-order valence-corrected chi connectivity index (χ3v) is 6.57. The Labute approximate surface area is 187 Å². The van der Waals surface area contributed by atoms with Crippen molar-refractivity contribution in [2.45, 2.75) is 11.3 Å². The zero-order valence-electron chi connectivity index (χ0n) is 17.6. The minimum atomic E-state index is -3.40. The smallest absolute Gasteiger partial charge is 0.255 e. The highest BCUT2D eigenvalue weighted by Gasteiger charge is 2.16. The summed E-state index contributed by atoms with van der Waals surface area (Å²) in [4.78, 5) is 25.4. The number of amides is 2. The second kappa shape index (κ2) is 10.6. The number of nitrogens with one attached hydrogen (secondary N) is 2. The molecule has 2 amide bonds. The van der Waals surface area contributed by atoms with E-state index in [0.29, 0.717) is 22.6 Å². The summed E-state index contributed by atoms with van der Waals surface area (Å²) < 4.78 is 29.7. The number of hydrogen-bond acceptors (Lipinski definition) is 5. The SMILES string of the molecule is COc1ccc(C(=O)Nc2ccccc2C(=O)NCCCS(=O)(=O)c2ccccc2)cc1. The average molecular weight is 453 g/mol. The number of carbonyl (C=O) groups excluding carboxylic acids is 2. The van der Waals surface area contributed by atoms with E-state index in [1.807, 2.05) is 0 Å². The van der Waals surface area contributed by atoms with Crippen molar-refractivity contribution in [3.05, 3.63) is 90.0 Å². The number of sulfone groups is 1. The summed E-state index contributed by atoms with van der Waals surface area (Å²) in [5, 5.41) is 5.47. The minimum absolute atomic E-state index is 0.0762. The third-order valence-electron chi connectivity index (χ3n) is 4.75. The second-order valence-corrected chi connectivity index (χ2v) is 9.08. The van der Waals surface area contributed by atoms with Gasteiger partial charge in [-0.15, -0.1) is 0 Å². The van der Waals surface area contributed by atoms with Crippen LogP contribution in [0.5, 0.6) is 5.75 Å². The summed E-state index contributed by atoms with van der Waals surface area (Å²) in [6.45, 7) is 0.186. The van der Waals surface area contributed by atoms with Crippen LogP contribution < -0.4 is 15.4 Å². The van der Waals surface area contributed by atoms with Crippen LogP contribution in [0.15, 0.2) is 83.8 Å². The van der Waals surface area contributed by atoms with E-state index in [2.05, 4.69) is 10.6 Å². The molecule has 0 heterocycles. The third kappa shape index (κ3) is 5.95. The molecule has 0 aliphatic heterocycles. The molecule has 8 heteroatoms. The zero-order valence-corrected chi connectivity index (χ0v) is 18.4. The molecule has 166 valence electrons. The molecule has 0 unspecified atom stereocenters.